The highest BCUT2D eigenvalue weighted by molar-refractivity contribution is 9.10. The Morgan fingerprint density at radius 3 is 2.53 bits per heavy atom. The van der Waals surface area contributed by atoms with Gasteiger partial charge in [0.15, 0.2) is 0 Å². The molecule has 3 nitrogen and oxygen atoms in total. The second kappa shape index (κ2) is 7.05. The standard InChI is InChI=1S/C12H13BrClF2NO2/c1-6(2)10(13)11(18)17-7-3-4-9(8(14)5-7)19-12(15)16/h3-6,10,12H,1-2H3,(H,17,18). The van der Waals surface area contributed by atoms with Crippen molar-refractivity contribution in [2.45, 2.75) is 25.3 Å². The number of carbonyl (C=O) groups is 1. The molecule has 0 aliphatic rings. The van der Waals surface area contributed by atoms with Gasteiger partial charge in [0.25, 0.3) is 0 Å². The summed E-state index contributed by atoms with van der Waals surface area (Å²) < 4.78 is 28.3. The summed E-state index contributed by atoms with van der Waals surface area (Å²) in [6.07, 6.45) is 0. The van der Waals surface area contributed by atoms with Crippen LogP contribution in [-0.2, 0) is 4.79 Å². The lowest BCUT2D eigenvalue weighted by Gasteiger charge is -2.14. The van der Waals surface area contributed by atoms with E-state index in [1.54, 1.807) is 0 Å². The van der Waals surface area contributed by atoms with Crippen LogP contribution in [0.15, 0.2) is 18.2 Å². The molecule has 0 fully saturated rings. The molecule has 1 aromatic rings. The van der Waals surface area contributed by atoms with E-state index in [1.807, 2.05) is 13.8 Å². The van der Waals surface area contributed by atoms with Crippen molar-refractivity contribution < 1.29 is 18.3 Å². The van der Waals surface area contributed by atoms with Gasteiger partial charge in [0.2, 0.25) is 5.91 Å². The molecular formula is C12H13BrClF2NO2. The highest BCUT2D eigenvalue weighted by atomic mass is 79.9. The van der Waals surface area contributed by atoms with E-state index in [0.29, 0.717) is 5.69 Å². The summed E-state index contributed by atoms with van der Waals surface area (Å²) in [6.45, 7) is 0.850. The van der Waals surface area contributed by atoms with Crippen LogP contribution in [0, 0.1) is 5.92 Å². The lowest BCUT2D eigenvalue weighted by atomic mass is 10.1. The molecule has 1 N–H and O–H groups in total. The second-order valence-corrected chi connectivity index (χ2v) is 5.55. The van der Waals surface area contributed by atoms with Gasteiger partial charge in [-0.15, -0.1) is 0 Å². The van der Waals surface area contributed by atoms with E-state index in [1.165, 1.54) is 18.2 Å². The van der Waals surface area contributed by atoms with Gasteiger partial charge in [-0.3, -0.25) is 4.79 Å². The lowest BCUT2D eigenvalue weighted by Crippen LogP contribution is -2.26. The fourth-order valence-electron chi connectivity index (χ4n) is 1.28. The van der Waals surface area contributed by atoms with Crippen molar-refractivity contribution in [2.75, 3.05) is 5.32 Å². The SMILES string of the molecule is CC(C)C(Br)C(=O)Nc1ccc(OC(F)F)c(Cl)c1. The van der Waals surface area contributed by atoms with E-state index in [9.17, 15) is 13.6 Å². The number of hydrogen-bond acceptors (Lipinski definition) is 2. The van der Waals surface area contributed by atoms with Crippen molar-refractivity contribution in [3.8, 4) is 5.75 Å². The minimum Gasteiger partial charge on any atom is -0.433 e. The Morgan fingerprint density at radius 2 is 2.05 bits per heavy atom. The molecule has 0 aliphatic heterocycles. The van der Waals surface area contributed by atoms with Crippen LogP contribution in [-0.4, -0.2) is 17.3 Å². The number of halogens is 4. The highest BCUT2D eigenvalue weighted by Gasteiger charge is 2.19. The van der Waals surface area contributed by atoms with Crippen molar-refractivity contribution in [3.05, 3.63) is 23.2 Å². The summed E-state index contributed by atoms with van der Waals surface area (Å²) in [4.78, 5) is 11.4. The summed E-state index contributed by atoms with van der Waals surface area (Å²) >= 11 is 9.04. The maximum atomic E-state index is 12.0. The summed E-state index contributed by atoms with van der Waals surface area (Å²) in [6, 6.07) is 4.08. The van der Waals surface area contributed by atoms with Crippen molar-refractivity contribution in [1.29, 1.82) is 0 Å². The van der Waals surface area contributed by atoms with Crippen LogP contribution in [0.1, 0.15) is 13.8 Å². The number of ether oxygens (including phenoxy) is 1. The summed E-state index contributed by atoms with van der Waals surface area (Å²) in [7, 11) is 0. The Bertz CT molecular complexity index is 457. The van der Waals surface area contributed by atoms with Gasteiger partial charge in [0, 0.05) is 5.69 Å². The zero-order valence-electron chi connectivity index (χ0n) is 10.3. The Labute approximate surface area is 123 Å². The van der Waals surface area contributed by atoms with Crippen molar-refractivity contribution in [1.82, 2.24) is 0 Å². The molecule has 0 bridgehead atoms. The van der Waals surface area contributed by atoms with E-state index in [-0.39, 0.29) is 27.4 Å². The number of rotatable bonds is 5. The summed E-state index contributed by atoms with van der Waals surface area (Å²) in [5.74, 6) is -0.237. The topological polar surface area (TPSA) is 38.3 Å². The number of benzene rings is 1. The smallest absolute Gasteiger partial charge is 0.387 e. The molecule has 1 atom stereocenters. The number of amides is 1. The van der Waals surface area contributed by atoms with Crippen LogP contribution in [0.2, 0.25) is 5.02 Å². The van der Waals surface area contributed by atoms with Gasteiger partial charge in [0.1, 0.15) is 5.75 Å². The van der Waals surface area contributed by atoms with Crippen LogP contribution in [0.5, 0.6) is 5.75 Å². The van der Waals surface area contributed by atoms with Gasteiger partial charge < -0.3 is 10.1 Å². The number of nitrogens with one attached hydrogen (secondary N) is 1. The van der Waals surface area contributed by atoms with E-state index >= 15 is 0 Å². The molecule has 1 aromatic carbocycles. The molecule has 1 amide bonds. The van der Waals surface area contributed by atoms with Crippen LogP contribution in [0.3, 0.4) is 0 Å². The zero-order valence-corrected chi connectivity index (χ0v) is 12.6. The Kier molecular flexibility index (Phi) is 6.00. The van der Waals surface area contributed by atoms with Crippen molar-refractivity contribution in [3.63, 3.8) is 0 Å². The van der Waals surface area contributed by atoms with Crippen LogP contribution in [0.4, 0.5) is 14.5 Å². The molecule has 0 spiro atoms. The van der Waals surface area contributed by atoms with E-state index in [0.717, 1.165) is 0 Å². The zero-order chi connectivity index (χ0) is 14.6. The first-order valence-electron chi connectivity index (χ1n) is 5.50. The van der Waals surface area contributed by atoms with Crippen molar-refractivity contribution >= 4 is 39.1 Å². The predicted molar refractivity (Wildman–Crippen MR) is 74.3 cm³/mol. The fourth-order valence-corrected chi connectivity index (χ4v) is 1.62. The van der Waals surface area contributed by atoms with Gasteiger partial charge in [0.05, 0.1) is 9.85 Å². The van der Waals surface area contributed by atoms with Gasteiger partial charge in [-0.05, 0) is 24.1 Å². The first kappa shape index (κ1) is 16.2. The largest absolute Gasteiger partial charge is 0.433 e. The van der Waals surface area contributed by atoms with Crippen LogP contribution in [0.25, 0.3) is 0 Å². The van der Waals surface area contributed by atoms with E-state index in [4.69, 9.17) is 11.6 Å². The monoisotopic (exact) mass is 355 g/mol. The highest BCUT2D eigenvalue weighted by Crippen LogP contribution is 2.29. The number of hydrogen-bond donors (Lipinski definition) is 1. The quantitative estimate of drug-likeness (QED) is 0.799. The first-order valence-corrected chi connectivity index (χ1v) is 6.80. The van der Waals surface area contributed by atoms with E-state index in [2.05, 4.69) is 26.0 Å². The third-order valence-corrected chi connectivity index (χ3v) is 4.02. The summed E-state index contributed by atoms with van der Waals surface area (Å²) in [5, 5.41) is 2.64. The molecule has 106 valence electrons. The van der Waals surface area contributed by atoms with Gasteiger partial charge >= 0.3 is 6.61 Å². The lowest BCUT2D eigenvalue weighted by molar-refractivity contribution is -0.116. The van der Waals surface area contributed by atoms with E-state index < -0.39 is 6.61 Å². The fraction of sp³-hybridized carbons (Fsp3) is 0.417. The average Bonchev–Trinajstić information content (AvgIpc) is 2.31. The molecule has 0 saturated heterocycles. The maximum absolute atomic E-state index is 12.0. The third-order valence-electron chi connectivity index (χ3n) is 2.25. The average molecular weight is 357 g/mol. The van der Waals surface area contributed by atoms with Gasteiger partial charge in [-0.1, -0.05) is 41.4 Å². The first-order chi connectivity index (χ1) is 8.81. The predicted octanol–water partition coefficient (Wildman–Crippen LogP) is 4.30. The molecule has 0 heterocycles. The molecule has 7 heteroatoms. The molecular weight excluding hydrogens is 343 g/mol. The van der Waals surface area contributed by atoms with Crippen LogP contribution >= 0.6 is 27.5 Å². The Morgan fingerprint density at radius 1 is 1.42 bits per heavy atom. The normalized spacial score (nSPS) is 12.6. The molecule has 19 heavy (non-hydrogen) atoms. The Hall–Kier alpha value is -0.880. The molecule has 0 radical (unpaired) electrons. The molecule has 0 saturated carbocycles. The van der Waals surface area contributed by atoms with Gasteiger partial charge in [-0.2, -0.15) is 8.78 Å². The molecule has 1 unspecified atom stereocenters. The number of anilines is 1. The minimum absolute atomic E-state index is 0.00812. The second-order valence-electron chi connectivity index (χ2n) is 4.16. The number of alkyl halides is 3. The van der Waals surface area contributed by atoms with Gasteiger partial charge in [-0.25, -0.2) is 0 Å². The minimum atomic E-state index is -2.94. The maximum Gasteiger partial charge on any atom is 0.387 e. The van der Waals surface area contributed by atoms with Crippen molar-refractivity contribution in [2.24, 2.45) is 5.92 Å². The summed E-state index contributed by atoms with van der Waals surface area (Å²) in [5.41, 5.74) is 0.418. The molecule has 1 rings (SSSR count). The third kappa shape index (κ3) is 4.95. The van der Waals surface area contributed by atoms with Crippen LogP contribution < -0.4 is 10.1 Å². The molecule has 0 aromatic heterocycles. The number of carbonyl (C=O) groups excluding carboxylic acids is 1. The molecule has 0 aliphatic carbocycles. The Balaban J connectivity index is 2.76.